The lowest BCUT2D eigenvalue weighted by Gasteiger charge is -2.18. The fourth-order valence-corrected chi connectivity index (χ4v) is 3.15. The SMILES string of the molecule is Cc1cc(Cl)cc(C)c1OC(C)C(=O)NNC(=O)c1cc2ccccc2oc1=O. The van der Waals surface area contributed by atoms with E-state index in [1.807, 2.05) is 13.8 Å². The minimum atomic E-state index is -0.901. The maximum Gasteiger partial charge on any atom is 0.349 e. The highest BCUT2D eigenvalue weighted by Gasteiger charge is 2.19. The Morgan fingerprint density at radius 2 is 1.72 bits per heavy atom. The molecule has 2 N–H and O–H groups in total. The van der Waals surface area contributed by atoms with Gasteiger partial charge in [0.25, 0.3) is 11.8 Å². The Balaban J connectivity index is 1.67. The Morgan fingerprint density at radius 1 is 1.07 bits per heavy atom. The summed E-state index contributed by atoms with van der Waals surface area (Å²) in [7, 11) is 0. The van der Waals surface area contributed by atoms with Crippen molar-refractivity contribution >= 4 is 34.4 Å². The first-order chi connectivity index (χ1) is 13.8. The molecule has 7 nitrogen and oxygen atoms in total. The first-order valence-corrected chi connectivity index (χ1v) is 9.20. The van der Waals surface area contributed by atoms with Gasteiger partial charge in [0.1, 0.15) is 16.9 Å². The highest BCUT2D eigenvalue weighted by atomic mass is 35.5. The average molecular weight is 415 g/mol. The molecule has 3 rings (SSSR count). The van der Waals surface area contributed by atoms with Crippen LogP contribution in [-0.2, 0) is 4.79 Å². The van der Waals surface area contributed by atoms with E-state index >= 15 is 0 Å². The molecule has 0 saturated heterocycles. The average Bonchev–Trinajstić information content (AvgIpc) is 2.67. The lowest BCUT2D eigenvalue weighted by molar-refractivity contribution is -0.128. The van der Waals surface area contributed by atoms with Crippen LogP contribution in [0.15, 0.2) is 51.7 Å². The van der Waals surface area contributed by atoms with Gasteiger partial charge in [0.15, 0.2) is 6.10 Å². The van der Waals surface area contributed by atoms with Crippen LogP contribution in [0.5, 0.6) is 5.75 Å². The number of hydrazine groups is 1. The second kappa shape index (κ2) is 8.36. The zero-order valence-electron chi connectivity index (χ0n) is 16.0. The van der Waals surface area contributed by atoms with Gasteiger partial charge in [-0.25, -0.2) is 4.79 Å². The molecule has 0 saturated carbocycles. The maximum absolute atomic E-state index is 12.3. The predicted octanol–water partition coefficient (Wildman–Crippen LogP) is 3.29. The molecule has 150 valence electrons. The summed E-state index contributed by atoms with van der Waals surface area (Å²) in [5.41, 5.74) is 5.39. The molecule has 0 aliphatic carbocycles. The number of para-hydroxylation sites is 1. The molecule has 1 aromatic heterocycles. The monoisotopic (exact) mass is 414 g/mol. The summed E-state index contributed by atoms with van der Waals surface area (Å²) in [6.45, 7) is 5.18. The number of hydrogen-bond acceptors (Lipinski definition) is 5. The summed E-state index contributed by atoms with van der Waals surface area (Å²) in [5.74, 6) is -0.834. The van der Waals surface area contributed by atoms with E-state index in [0.717, 1.165) is 11.1 Å². The zero-order valence-corrected chi connectivity index (χ0v) is 16.8. The van der Waals surface area contributed by atoms with Gasteiger partial charge in [-0.15, -0.1) is 0 Å². The van der Waals surface area contributed by atoms with Crippen molar-refractivity contribution in [3.05, 3.63) is 74.6 Å². The molecule has 2 amide bonds. The first kappa shape index (κ1) is 20.4. The lowest BCUT2D eigenvalue weighted by Crippen LogP contribution is -2.48. The van der Waals surface area contributed by atoms with E-state index in [1.165, 1.54) is 6.07 Å². The molecule has 1 atom stereocenters. The third-order valence-electron chi connectivity index (χ3n) is 4.27. The predicted molar refractivity (Wildman–Crippen MR) is 109 cm³/mol. The molecule has 2 aromatic carbocycles. The van der Waals surface area contributed by atoms with Crippen LogP contribution in [0.25, 0.3) is 11.0 Å². The Morgan fingerprint density at radius 3 is 2.41 bits per heavy atom. The van der Waals surface area contributed by atoms with Crippen molar-refractivity contribution < 1.29 is 18.7 Å². The standard InChI is InChI=1S/C21H19ClN2O5/c1-11-8-15(22)9-12(2)18(11)28-13(3)19(25)23-24-20(26)16-10-14-6-4-5-7-17(14)29-21(16)27/h4-10,13H,1-3H3,(H,23,25)(H,24,26). The molecule has 0 spiro atoms. The number of benzene rings is 2. The molecule has 29 heavy (non-hydrogen) atoms. The van der Waals surface area contributed by atoms with Crippen LogP contribution in [0, 0.1) is 13.8 Å². The lowest BCUT2D eigenvalue weighted by atomic mass is 10.1. The summed E-state index contributed by atoms with van der Waals surface area (Å²) in [5, 5.41) is 1.17. The number of nitrogens with one attached hydrogen (secondary N) is 2. The van der Waals surface area contributed by atoms with Crippen molar-refractivity contribution in [2.45, 2.75) is 26.9 Å². The topological polar surface area (TPSA) is 97.6 Å². The number of rotatable bonds is 4. The molecule has 0 aliphatic rings. The number of aryl methyl sites for hydroxylation is 2. The Hall–Kier alpha value is -3.32. The number of carbonyl (C=O) groups excluding carboxylic acids is 2. The van der Waals surface area contributed by atoms with Crippen LogP contribution in [0.4, 0.5) is 0 Å². The minimum Gasteiger partial charge on any atom is -0.480 e. The van der Waals surface area contributed by atoms with Crippen molar-refractivity contribution in [2.24, 2.45) is 0 Å². The summed E-state index contributed by atoms with van der Waals surface area (Å²) < 4.78 is 10.8. The molecule has 8 heteroatoms. The summed E-state index contributed by atoms with van der Waals surface area (Å²) in [6.07, 6.45) is -0.901. The van der Waals surface area contributed by atoms with Crippen molar-refractivity contribution in [2.75, 3.05) is 0 Å². The second-order valence-electron chi connectivity index (χ2n) is 6.56. The van der Waals surface area contributed by atoms with Crippen LogP contribution in [0.2, 0.25) is 5.02 Å². The Bertz CT molecular complexity index is 1130. The van der Waals surface area contributed by atoms with Gasteiger partial charge in [0, 0.05) is 10.4 Å². The smallest absolute Gasteiger partial charge is 0.349 e. The van der Waals surface area contributed by atoms with Crippen LogP contribution in [0.1, 0.15) is 28.4 Å². The zero-order chi connectivity index (χ0) is 21.1. The third kappa shape index (κ3) is 4.57. The summed E-state index contributed by atoms with van der Waals surface area (Å²) in [4.78, 5) is 36.6. The highest BCUT2D eigenvalue weighted by Crippen LogP contribution is 2.27. The van der Waals surface area contributed by atoms with Gasteiger partial charge < -0.3 is 9.15 Å². The molecule has 0 radical (unpaired) electrons. The Kier molecular flexibility index (Phi) is 5.89. The van der Waals surface area contributed by atoms with E-state index in [9.17, 15) is 14.4 Å². The normalized spacial score (nSPS) is 11.7. The van der Waals surface area contributed by atoms with E-state index in [0.29, 0.717) is 21.7 Å². The molecule has 0 fully saturated rings. The van der Waals surface area contributed by atoms with E-state index in [1.54, 1.807) is 43.3 Å². The van der Waals surface area contributed by atoms with Gasteiger partial charge in [-0.2, -0.15) is 0 Å². The molecule has 1 unspecified atom stereocenters. The molecular weight excluding hydrogens is 396 g/mol. The Labute approximate surface area is 171 Å². The third-order valence-corrected chi connectivity index (χ3v) is 4.49. The largest absolute Gasteiger partial charge is 0.480 e. The van der Waals surface area contributed by atoms with Crippen LogP contribution >= 0.6 is 11.6 Å². The van der Waals surface area contributed by atoms with Crippen molar-refractivity contribution in [1.29, 1.82) is 0 Å². The summed E-state index contributed by atoms with van der Waals surface area (Å²) in [6, 6.07) is 11.7. The van der Waals surface area contributed by atoms with Crippen LogP contribution in [0.3, 0.4) is 0 Å². The van der Waals surface area contributed by atoms with Gasteiger partial charge in [0.05, 0.1) is 0 Å². The minimum absolute atomic E-state index is 0.220. The second-order valence-corrected chi connectivity index (χ2v) is 6.99. The van der Waals surface area contributed by atoms with Gasteiger partial charge in [-0.05, 0) is 56.2 Å². The number of halogens is 1. The van der Waals surface area contributed by atoms with Crippen LogP contribution in [-0.4, -0.2) is 17.9 Å². The van der Waals surface area contributed by atoms with Crippen molar-refractivity contribution in [3.63, 3.8) is 0 Å². The van der Waals surface area contributed by atoms with E-state index < -0.39 is 23.5 Å². The van der Waals surface area contributed by atoms with Crippen LogP contribution < -0.4 is 21.2 Å². The van der Waals surface area contributed by atoms with Gasteiger partial charge in [-0.1, -0.05) is 29.8 Å². The van der Waals surface area contributed by atoms with Gasteiger partial charge >= 0.3 is 5.63 Å². The maximum atomic E-state index is 12.3. The molecule has 3 aromatic rings. The first-order valence-electron chi connectivity index (χ1n) is 8.82. The van der Waals surface area contributed by atoms with Crippen molar-refractivity contribution in [3.8, 4) is 5.75 Å². The molecular formula is C21H19ClN2O5. The number of fused-ring (bicyclic) bond motifs is 1. The van der Waals surface area contributed by atoms with Gasteiger partial charge in [-0.3, -0.25) is 20.4 Å². The number of amides is 2. The summed E-state index contributed by atoms with van der Waals surface area (Å²) >= 11 is 6.00. The molecule has 0 bridgehead atoms. The molecule has 0 aliphatic heterocycles. The van der Waals surface area contributed by atoms with E-state index in [2.05, 4.69) is 10.9 Å². The fourth-order valence-electron chi connectivity index (χ4n) is 2.82. The van der Waals surface area contributed by atoms with Crippen molar-refractivity contribution in [1.82, 2.24) is 10.9 Å². The fraction of sp³-hybridized carbons (Fsp3) is 0.190. The number of ether oxygens (including phenoxy) is 1. The molecule has 1 heterocycles. The van der Waals surface area contributed by atoms with E-state index in [4.69, 9.17) is 20.8 Å². The quantitative estimate of drug-likeness (QED) is 0.504. The van der Waals surface area contributed by atoms with Gasteiger partial charge in [0.2, 0.25) is 0 Å². The number of carbonyl (C=O) groups is 2. The highest BCUT2D eigenvalue weighted by molar-refractivity contribution is 6.30. The van der Waals surface area contributed by atoms with E-state index in [-0.39, 0.29) is 5.56 Å². The number of hydrogen-bond donors (Lipinski definition) is 2.